The maximum Gasteiger partial charge on any atom is 0.127 e. The summed E-state index contributed by atoms with van der Waals surface area (Å²) >= 11 is 0. The Morgan fingerprint density at radius 1 is 1.12 bits per heavy atom. The molecule has 2 rings (SSSR count). The van der Waals surface area contributed by atoms with Crippen molar-refractivity contribution in [3.05, 3.63) is 59.4 Å². The zero-order valence-electron chi connectivity index (χ0n) is 9.15. The molecule has 84 valence electrons. The molecule has 0 unspecified atom stereocenters. The summed E-state index contributed by atoms with van der Waals surface area (Å²) in [6.45, 7) is 0.164. The Bertz CT molecular complexity index is 585. The van der Waals surface area contributed by atoms with Crippen LogP contribution >= 0.6 is 0 Å². The van der Waals surface area contributed by atoms with Gasteiger partial charge in [0, 0.05) is 12.1 Å². The average molecular weight is 226 g/mol. The normalized spacial score (nSPS) is 9.94. The number of nitriles is 1. The van der Waals surface area contributed by atoms with Gasteiger partial charge in [0.25, 0.3) is 0 Å². The van der Waals surface area contributed by atoms with Gasteiger partial charge in [-0.05, 0) is 35.4 Å². The van der Waals surface area contributed by atoms with Gasteiger partial charge in [-0.2, -0.15) is 5.26 Å². The van der Waals surface area contributed by atoms with Crippen LogP contribution in [0.1, 0.15) is 11.1 Å². The van der Waals surface area contributed by atoms with Crippen LogP contribution in [0.3, 0.4) is 0 Å². The van der Waals surface area contributed by atoms with Crippen LogP contribution < -0.4 is 5.73 Å². The second-order valence-corrected chi connectivity index (χ2v) is 3.70. The molecule has 0 aromatic heterocycles. The van der Waals surface area contributed by atoms with Gasteiger partial charge >= 0.3 is 0 Å². The summed E-state index contributed by atoms with van der Waals surface area (Å²) in [4.78, 5) is 0. The van der Waals surface area contributed by atoms with Crippen molar-refractivity contribution in [1.82, 2.24) is 0 Å². The largest absolute Gasteiger partial charge is 0.326 e. The fourth-order valence-electron chi connectivity index (χ4n) is 1.68. The van der Waals surface area contributed by atoms with Gasteiger partial charge < -0.3 is 5.73 Å². The fourth-order valence-corrected chi connectivity index (χ4v) is 1.68. The fraction of sp³-hybridized carbons (Fsp3) is 0.0714. The summed E-state index contributed by atoms with van der Waals surface area (Å²) in [6, 6.07) is 14.1. The Morgan fingerprint density at radius 2 is 1.88 bits per heavy atom. The van der Waals surface area contributed by atoms with Gasteiger partial charge in [0.15, 0.2) is 0 Å². The summed E-state index contributed by atoms with van der Waals surface area (Å²) in [5, 5.41) is 8.82. The monoisotopic (exact) mass is 226 g/mol. The van der Waals surface area contributed by atoms with E-state index < -0.39 is 0 Å². The molecule has 2 aromatic carbocycles. The van der Waals surface area contributed by atoms with Crippen LogP contribution in [0.25, 0.3) is 11.1 Å². The maximum absolute atomic E-state index is 13.3. The molecule has 0 aliphatic carbocycles. The second-order valence-electron chi connectivity index (χ2n) is 3.70. The molecule has 0 saturated heterocycles. The standard InChI is InChI=1S/C14H11FN2/c15-14-5-4-12(7-13(14)9-17)11-3-1-2-10(6-11)8-16/h1-7H,9,17H2. The van der Waals surface area contributed by atoms with Crippen molar-refractivity contribution in [2.24, 2.45) is 5.73 Å². The Morgan fingerprint density at radius 3 is 2.59 bits per heavy atom. The average Bonchev–Trinajstić information content (AvgIpc) is 2.39. The van der Waals surface area contributed by atoms with E-state index in [1.165, 1.54) is 6.07 Å². The minimum Gasteiger partial charge on any atom is -0.326 e. The first-order valence-electron chi connectivity index (χ1n) is 5.23. The van der Waals surface area contributed by atoms with Crippen LogP contribution in [-0.4, -0.2) is 0 Å². The summed E-state index contributed by atoms with van der Waals surface area (Å²) in [5.74, 6) is -0.298. The van der Waals surface area contributed by atoms with Crippen molar-refractivity contribution in [2.45, 2.75) is 6.54 Å². The Balaban J connectivity index is 2.49. The number of nitrogens with two attached hydrogens (primary N) is 1. The molecule has 0 radical (unpaired) electrons. The number of halogens is 1. The zero-order valence-corrected chi connectivity index (χ0v) is 9.15. The van der Waals surface area contributed by atoms with Crippen molar-refractivity contribution in [3.8, 4) is 17.2 Å². The zero-order chi connectivity index (χ0) is 12.3. The lowest BCUT2D eigenvalue weighted by atomic mass is 10.0. The van der Waals surface area contributed by atoms with Crippen molar-refractivity contribution < 1.29 is 4.39 Å². The first-order valence-corrected chi connectivity index (χ1v) is 5.23. The van der Waals surface area contributed by atoms with E-state index in [0.717, 1.165) is 11.1 Å². The third-order valence-electron chi connectivity index (χ3n) is 2.59. The van der Waals surface area contributed by atoms with Crippen molar-refractivity contribution >= 4 is 0 Å². The lowest BCUT2D eigenvalue weighted by Gasteiger charge is -2.05. The third kappa shape index (κ3) is 2.32. The highest BCUT2D eigenvalue weighted by atomic mass is 19.1. The Labute approximate surface area is 99.1 Å². The van der Waals surface area contributed by atoms with Crippen molar-refractivity contribution in [3.63, 3.8) is 0 Å². The van der Waals surface area contributed by atoms with Crippen molar-refractivity contribution in [2.75, 3.05) is 0 Å². The minimum atomic E-state index is -0.298. The van der Waals surface area contributed by atoms with E-state index in [4.69, 9.17) is 11.0 Å². The van der Waals surface area contributed by atoms with Gasteiger partial charge in [-0.3, -0.25) is 0 Å². The van der Waals surface area contributed by atoms with E-state index in [9.17, 15) is 4.39 Å². The predicted molar refractivity (Wildman–Crippen MR) is 64.4 cm³/mol. The van der Waals surface area contributed by atoms with Crippen LogP contribution in [0.2, 0.25) is 0 Å². The van der Waals surface area contributed by atoms with E-state index in [-0.39, 0.29) is 12.4 Å². The SMILES string of the molecule is N#Cc1cccc(-c2ccc(F)c(CN)c2)c1. The Hall–Kier alpha value is -2.18. The molecule has 17 heavy (non-hydrogen) atoms. The van der Waals surface area contributed by atoms with E-state index in [2.05, 4.69) is 6.07 Å². The number of benzene rings is 2. The second kappa shape index (κ2) is 4.77. The van der Waals surface area contributed by atoms with Crippen LogP contribution in [-0.2, 0) is 6.54 Å². The quantitative estimate of drug-likeness (QED) is 0.856. The first kappa shape index (κ1) is 11.3. The lowest BCUT2D eigenvalue weighted by Crippen LogP contribution is -1.99. The lowest BCUT2D eigenvalue weighted by molar-refractivity contribution is 0.611. The molecule has 3 heteroatoms. The van der Waals surface area contributed by atoms with Gasteiger partial charge in [-0.1, -0.05) is 18.2 Å². The summed E-state index contributed by atoms with van der Waals surface area (Å²) in [7, 11) is 0. The molecule has 0 heterocycles. The highest BCUT2D eigenvalue weighted by molar-refractivity contribution is 5.66. The van der Waals surface area contributed by atoms with Gasteiger partial charge in [0.05, 0.1) is 11.6 Å². The molecule has 0 spiro atoms. The molecule has 0 atom stereocenters. The molecule has 0 bridgehead atoms. The van der Waals surface area contributed by atoms with Crippen LogP contribution in [0, 0.1) is 17.1 Å². The van der Waals surface area contributed by atoms with Gasteiger partial charge in [0.1, 0.15) is 5.82 Å². The molecule has 0 aliphatic heterocycles. The van der Waals surface area contributed by atoms with Crippen molar-refractivity contribution in [1.29, 1.82) is 5.26 Å². The number of hydrogen-bond acceptors (Lipinski definition) is 2. The molecule has 2 nitrogen and oxygen atoms in total. The molecular formula is C14H11FN2. The van der Waals surface area contributed by atoms with Gasteiger partial charge in [-0.25, -0.2) is 4.39 Å². The number of nitrogens with zero attached hydrogens (tertiary/aromatic N) is 1. The van der Waals surface area contributed by atoms with E-state index >= 15 is 0 Å². The third-order valence-corrected chi connectivity index (χ3v) is 2.59. The van der Waals surface area contributed by atoms with Gasteiger partial charge in [0.2, 0.25) is 0 Å². The number of hydrogen-bond donors (Lipinski definition) is 1. The number of rotatable bonds is 2. The highest BCUT2D eigenvalue weighted by Gasteiger charge is 2.04. The predicted octanol–water partition coefficient (Wildman–Crippen LogP) is 2.82. The molecular weight excluding hydrogens is 215 g/mol. The molecule has 2 N–H and O–H groups in total. The summed E-state index contributed by atoms with van der Waals surface area (Å²) in [5.41, 5.74) is 8.27. The molecule has 0 saturated carbocycles. The van der Waals surface area contributed by atoms with E-state index in [1.807, 2.05) is 6.07 Å². The van der Waals surface area contributed by atoms with Crippen LogP contribution in [0.15, 0.2) is 42.5 Å². The smallest absolute Gasteiger partial charge is 0.127 e. The van der Waals surface area contributed by atoms with Crippen LogP contribution in [0.4, 0.5) is 4.39 Å². The molecule has 0 aliphatic rings. The van der Waals surface area contributed by atoms with E-state index in [0.29, 0.717) is 11.1 Å². The molecule has 0 amide bonds. The van der Waals surface area contributed by atoms with E-state index in [1.54, 1.807) is 30.3 Å². The first-order chi connectivity index (χ1) is 8.24. The molecule has 2 aromatic rings. The molecule has 0 fully saturated rings. The summed E-state index contributed by atoms with van der Waals surface area (Å²) < 4.78 is 13.3. The van der Waals surface area contributed by atoms with Gasteiger partial charge in [-0.15, -0.1) is 0 Å². The Kier molecular flexibility index (Phi) is 3.17. The summed E-state index contributed by atoms with van der Waals surface area (Å²) in [6.07, 6.45) is 0. The topological polar surface area (TPSA) is 49.8 Å². The van der Waals surface area contributed by atoms with Crippen LogP contribution in [0.5, 0.6) is 0 Å². The highest BCUT2D eigenvalue weighted by Crippen LogP contribution is 2.22. The maximum atomic E-state index is 13.3. The minimum absolute atomic E-state index is 0.164.